The fourth-order valence-corrected chi connectivity index (χ4v) is 3.70. The zero-order chi connectivity index (χ0) is 16.4. The van der Waals surface area contributed by atoms with Gasteiger partial charge in [0.25, 0.3) is 5.56 Å². The van der Waals surface area contributed by atoms with Crippen molar-refractivity contribution in [3.8, 4) is 0 Å². The normalized spacial score (nSPS) is 18.4. The summed E-state index contributed by atoms with van der Waals surface area (Å²) in [6, 6.07) is 10.6. The number of aromatic nitrogens is 2. The minimum atomic E-state index is 0.0708. The first kappa shape index (κ1) is 15.4. The molecular formula is C19H24N4O. The number of nitrogens with one attached hydrogen (secondary N) is 1. The maximum atomic E-state index is 12.3. The number of fused-ring (bicyclic) bond motifs is 1. The molecule has 126 valence electrons. The van der Waals surface area contributed by atoms with Gasteiger partial charge in [-0.05, 0) is 31.2 Å². The van der Waals surface area contributed by atoms with E-state index in [4.69, 9.17) is 4.98 Å². The van der Waals surface area contributed by atoms with Gasteiger partial charge in [-0.15, -0.1) is 0 Å². The fraction of sp³-hybridized carbons (Fsp3) is 0.474. The highest BCUT2D eigenvalue weighted by Gasteiger charge is 2.21. The highest BCUT2D eigenvalue weighted by molar-refractivity contribution is 5.35. The van der Waals surface area contributed by atoms with Gasteiger partial charge >= 0.3 is 0 Å². The Morgan fingerprint density at radius 2 is 1.75 bits per heavy atom. The van der Waals surface area contributed by atoms with E-state index in [1.165, 1.54) is 5.56 Å². The van der Waals surface area contributed by atoms with E-state index >= 15 is 0 Å². The van der Waals surface area contributed by atoms with E-state index in [1.54, 1.807) is 0 Å². The van der Waals surface area contributed by atoms with E-state index in [1.807, 2.05) is 0 Å². The molecule has 2 aliphatic rings. The van der Waals surface area contributed by atoms with Crippen molar-refractivity contribution < 1.29 is 0 Å². The number of nitrogens with zero attached hydrogens (tertiary/aromatic N) is 3. The average Bonchev–Trinajstić information content (AvgIpc) is 2.63. The molecule has 4 rings (SSSR count). The summed E-state index contributed by atoms with van der Waals surface area (Å²) >= 11 is 0. The van der Waals surface area contributed by atoms with Crippen LogP contribution in [0, 0.1) is 0 Å². The molecule has 0 radical (unpaired) electrons. The van der Waals surface area contributed by atoms with Gasteiger partial charge < -0.3 is 4.90 Å². The summed E-state index contributed by atoms with van der Waals surface area (Å²) in [5.74, 6) is 0.764. The number of aryl methyl sites for hydroxylation is 1. The van der Waals surface area contributed by atoms with Crippen molar-refractivity contribution in [2.24, 2.45) is 0 Å². The van der Waals surface area contributed by atoms with E-state index in [0.717, 1.165) is 75.6 Å². The van der Waals surface area contributed by atoms with Crippen LogP contribution < -0.4 is 10.5 Å². The third-order valence-electron chi connectivity index (χ3n) is 5.10. The lowest BCUT2D eigenvalue weighted by Crippen LogP contribution is -2.47. The molecule has 5 heteroatoms. The van der Waals surface area contributed by atoms with Gasteiger partial charge in [-0.2, -0.15) is 0 Å². The predicted octanol–water partition coefficient (Wildman–Crippen LogP) is 1.97. The summed E-state index contributed by atoms with van der Waals surface area (Å²) in [4.78, 5) is 24.7. The van der Waals surface area contributed by atoms with Crippen molar-refractivity contribution in [2.45, 2.75) is 32.2 Å². The first-order valence-corrected chi connectivity index (χ1v) is 8.93. The number of hydrogen-bond donors (Lipinski definition) is 1. The molecule has 24 heavy (non-hydrogen) atoms. The van der Waals surface area contributed by atoms with Crippen LogP contribution in [0.4, 0.5) is 5.95 Å². The number of piperazine rings is 1. The Balaban J connectivity index is 1.42. The van der Waals surface area contributed by atoms with Crippen LogP contribution in [-0.4, -0.2) is 41.0 Å². The molecule has 0 saturated carbocycles. The second-order valence-corrected chi connectivity index (χ2v) is 6.77. The molecule has 0 unspecified atom stereocenters. The standard InChI is InChI=1S/C19H24N4O/c24-18-16-8-4-5-9-17(16)20-19(21-18)23-12-10-22(11-13-23)14-15-6-2-1-3-7-15/h1-3,6-7H,4-5,8-14H2,(H,20,21,24). The van der Waals surface area contributed by atoms with Crippen LogP contribution in [0.15, 0.2) is 35.1 Å². The van der Waals surface area contributed by atoms with Crippen LogP contribution in [0.25, 0.3) is 0 Å². The molecule has 5 nitrogen and oxygen atoms in total. The molecule has 2 heterocycles. The summed E-state index contributed by atoms with van der Waals surface area (Å²) in [6.45, 7) is 4.80. The van der Waals surface area contributed by atoms with Crippen molar-refractivity contribution in [3.63, 3.8) is 0 Å². The highest BCUT2D eigenvalue weighted by Crippen LogP contribution is 2.19. The van der Waals surface area contributed by atoms with Crippen molar-refractivity contribution in [1.82, 2.24) is 14.9 Å². The number of anilines is 1. The van der Waals surface area contributed by atoms with Gasteiger partial charge in [-0.3, -0.25) is 14.7 Å². The third-order valence-corrected chi connectivity index (χ3v) is 5.10. The van der Waals surface area contributed by atoms with E-state index in [9.17, 15) is 4.79 Å². The Morgan fingerprint density at radius 3 is 2.54 bits per heavy atom. The van der Waals surface area contributed by atoms with Gasteiger partial charge in [0, 0.05) is 38.3 Å². The molecule has 1 aliphatic heterocycles. The van der Waals surface area contributed by atoms with E-state index < -0.39 is 0 Å². The molecule has 1 aliphatic carbocycles. The van der Waals surface area contributed by atoms with Crippen LogP contribution in [-0.2, 0) is 19.4 Å². The Kier molecular flexibility index (Phi) is 4.34. The quantitative estimate of drug-likeness (QED) is 0.938. The second kappa shape index (κ2) is 6.77. The predicted molar refractivity (Wildman–Crippen MR) is 95.4 cm³/mol. The van der Waals surface area contributed by atoms with E-state index in [0.29, 0.717) is 0 Å². The molecule has 1 aromatic carbocycles. The largest absolute Gasteiger partial charge is 0.340 e. The van der Waals surface area contributed by atoms with Crippen LogP contribution in [0.5, 0.6) is 0 Å². The Hall–Kier alpha value is -2.14. The molecule has 0 atom stereocenters. The van der Waals surface area contributed by atoms with Crippen molar-refractivity contribution in [1.29, 1.82) is 0 Å². The summed E-state index contributed by atoms with van der Waals surface area (Å²) in [7, 11) is 0. The van der Waals surface area contributed by atoms with E-state index in [2.05, 4.69) is 45.1 Å². The molecule has 1 fully saturated rings. The number of rotatable bonds is 3. The molecule has 0 bridgehead atoms. The monoisotopic (exact) mass is 324 g/mol. The van der Waals surface area contributed by atoms with Gasteiger partial charge in [0.2, 0.25) is 5.95 Å². The molecule has 1 saturated heterocycles. The summed E-state index contributed by atoms with van der Waals surface area (Å²) in [6.07, 6.45) is 4.08. The topological polar surface area (TPSA) is 52.2 Å². The highest BCUT2D eigenvalue weighted by atomic mass is 16.1. The number of hydrogen-bond acceptors (Lipinski definition) is 4. The maximum Gasteiger partial charge on any atom is 0.255 e. The number of H-pyrrole nitrogens is 1. The molecular weight excluding hydrogens is 300 g/mol. The lowest BCUT2D eigenvalue weighted by atomic mass is 9.97. The number of aromatic amines is 1. The molecule has 1 N–H and O–H groups in total. The van der Waals surface area contributed by atoms with Gasteiger partial charge in [0.1, 0.15) is 0 Å². The number of benzene rings is 1. The van der Waals surface area contributed by atoms with E-state index in [-0.39, 0.29) is 5.56 Å². The van der Waals surface area contributed by atoms with Gasteiger partial charge in [-0.25, -0.2) is 4.98 Å². The first-order chi connectivity index (χ1) is 11.8. The lowest BCUT2D eigenvalue weighted by Gasteiger charge is -2.35. The molecule has 2 aromatic rings. The van der Waals surface area contributed by atoms with Gasteiger partial charge in [0.05, 0.1) is 5.69 Å². The van der Waals surface area contributed by atoms with Crippen LogP contribution >= 0.6 is 0 Å². The summed E-state index contributed by atoms with van der Waals surface area (Å²) in [5, 5.41) is 0. The third kappa shape index (κ3) is 3.22. The molecule has 0 amide bonds. The zero-order valence-electron chi connectivity index (χ0n) is 14.0. The SMILES string of the molecule is O=c1[nH]c(N2CCN(Cc3ccccc3)CC2)nc2c1CCCC2. The minimum Gasteiger partial charge on any atom is -0.340 e. The minimum absolute atomic E-state index is 0.0708. The average molecular weight is 324 g/mol. The maximum absolute atomic E-state index is 12.3. The van der Waals surface area contributed by atoms with Crippen molar-refractivity contribution >= 4 is 5.95 Å². The van der Waals surface area contributed by atoms with Crippen LogP contribution in [0.1, 0.15) is 29.7 Å². The summed E-state index contributed by atoms with van der Waals surface area (Å²) in [5.41, 5.74) is 3.35. The Labute approximate surface area is 142 Å². The van der Waals surface area contributed by atoms with Gasteiger partial charge in [-0.1, -0.05) is 30.3 Å². The fourth-order valence-electron chi connectivity index (χ4n) is 3.70. The Morgan fingerprint density at radius 1 is 1.00 bits per heavy atom. The smallest absolute Gasteiger partial charge is 0.255 e. The van der Waals surface area contributed by atoms with Gasteiger partial charge in [0.15, 0.2) is 0 Å². The van der Waals surface area contributed by atoms with Crippen molar-refractivity contribution in [2.75, 3.05) is 31.1 Å². The second-order valence-electron chi connectivity index (χ2n) is 6.77. The first-order valence-electron chi connectivity index (χ1n) is 8.93. The zero-order valence-corrected chi connectivity index (χ0v) is 14.0. The lowest BCUT2D eigenvalue weighted by molar-refractivity contribution is 0.248. The van der Waals surface area contributed by atoms with Crippen LogP contribution in [0.3, 0.4) is 0 Å². The molecule has 0 spiro atoms. The summed E-state index contributed by atoms with van der Waals surface area (Å²) < 4.78 is 0. The van der Waals surface area contributed by atoms with Crippen LogP contribution in [0.2, 0.25) is 0 Å². The Bertz CT molecular complexity index is 748. The molecule has 1 aromatic heterocycles. The van der Waals surface area contributed by atoms with Crippen molar-refractivity contribution in [3.05, 3.63) is 57.5 Å².